The van der Waals surface area contributed by atoms with Crippen LogP contribution in [0.1, 0.15) is 32.1 Å². The van der Waals surface area contributed by atoms with E-state index in [2.05, 4.69) is 15.6 Å². The number of nitrogens with one attached hydrogen (secondary N) is 2. The van der Waals surface area contributed by atoms with Gasteiger partial charge < -0.3 is 10.6 Å². The lowest BCUT2D eigenvalue weighted by atomic mass is 9.95. The van der Waals surface area contributed by atoms with Gasteiger partial charge in [0.15, 0.2) is 0 Å². The first-order valence-electron chi connectivity index (χ1n) is 6.72. The van der Waals surface area contributed by atoms with E-state index in [0.29, 0.717) is 0 Å². The van der Waals surface area contributed by atoms with Gasteiger partial charge in [-0.1, -0.05) is 19.3 Å². The molecule has 0 spiro atoms. The molecule has 4 nitrogen and oxygen atoms in total. The quantitative estimate of drug-likeness (QED) is 0.664. The van der Waals surface area contributed by atoms with Crippen molar-refractivity contribution in [2.75, 3.05) is 11.9 Å². The van der Waals surface area contributed by atoms with Crippen LogP contribution in [0.5, 0.6) is 0 Å². The highest BCUT2D eigenvalue weighted by atomic mass is 19.2. The van der Waals surface area contributed by atoms with Crippen molar-refractivity contribution in [1.29, 1.82) is 0 Å². The number of pyridine rings is 1. The molecule has 0 bridgehead atoms. The lowest BCUT2D eigenvalue weighted by Gasteiger charge is -2.22. The number of carbonyl (C=O) groups excluding carboxylic acids is 1. The Labute approximate surface area is 118 Å². The fourth-order valence-corrected chi connectivity index (χ4v) is 2.34. The molecule has 0 aliphatic heterocycles. The van der Waals surface area contributed by atoms with Gasteiger partial charge in [0, 0.05) is 6.04 Å². The third-order valence-corrected chi connectivity index (χ3v) is 3.39. The van der Waals surface area contributed by atoms with Crippen LogP contribution in [0, 0.1) is 23.5 Å². The molecule has 116 valence electrons. The van der Waals surface area contributed by atoms with Crippen LogP contribution in [-0.4, -0.2) is 23.5 Å². The molecule has 21 heavy (non-hydrogen) atoms. The third kappa shape index (κ3) is 3.83. The van der Waals surface area contributed by atoms with Gasteiger partial charge in [0.1, 0.15) is 5.69 Å². The van der Waals surface area contributed by atoms with Gasteiger partial charge in [0.25, 0.3) is 11.9 Å². The number of hydrogen-bond donors (Lipinski definition) is 2. The van der Waals surface area contributed by atoms with E-state index in [1.165, 1.54) is 0 Å². The largest absolute Gasteiger partial charge is 0.371 e. The van der Waals surface area contributed by atoms with Crippen molar-refractivity contribution in [2.24, 2.45) is 0 Å². The number of nitrogens with zero attached hydrogens (tertiary/aromatic N) is 1. The summed E-state index contributed by atoms with van der Waals surface area (Å²) in [6.07, 6.45) is 4.86. The second-order valence-electron chi connectivity index (χ2n) is 4.95. The molecule has 8 heteroatoms. The molecule has 1 aromatic rings. The van der Waals surface area contributed by atoms with E-state index >= 15 is 0 Å². The SMILES string of the molecule is O=C(CNc1c(F)c(F)nc(F)c1F)NC1CCCCC1. The summed E-state index contributed by atoms with van der Waals surface area (Å²) < 4.78 is 52.4. The van der Waals surface area contributed by atoms with E-state index < -0.39 is 41.7 Å². The van der Waals surface area contributed by atoms with Gasteiger partial charge in [-0.05, 0) is 12.8 Å². The number of rotatable bonds is 4. The van der Waals surface area contributed by atoms with E-state index in [9.17, 15) is 22.4 Å². The van der Waals surface area contributed by atoms with Crippen LogP contribution >= 0.6 is 0 Å². The minimum absolute atomic E-state index is 0.0358. The Morgan fingerprint density at radius 1 is 1.05 bits per heavy atom. The van der Waals surface area contributed by atoms with Crippen molar-refractivity contribution in [3.8, 4) is 0 Å². The summed E-state index contributed by atoms with van der Waals surface area (Å²) in [6.45, 7) is -0.479. The molecule has 1 amide bonds. The first-order chi connectivity index (χ1) is 9.99. The van der Waals surface area contributed by atoms with Crippen LogP contribution < -0.4 is 10.6 Å². The summed E-state index contributed by atoms with van der Waals surface area (Å²) in [7, 11) is 0. The first-order valence-corrected chi connectivity index (χ1v) is 6.72. The highest BCUT2D eigenvalue weighted by Gasteiger charge is 2.21. The molecular weight excluding hydrogens is 290 g/mol. The zero-order valence-electron chi connectivity index (χ0n) is 11.2. The number of amides is 1. The molecule has 0 saturated heterocycles. The van der Waals surface area contributed by atoms with E-state index in [0.717, 1.165) is 32.1 Å². The van der Waals surface area contributed by atoms with E-state index in [-0.39, 0.29) is 6.04 Å². The number of hydrogen-bond acceptors (Lipinski definition) is 3. The molecule has 2 N–H and O–H groups in total. The third-order valence-electron chi connectivity index (χ3n) is 3.39. The van der Waals surface area contributed by atoms with E-state index in [1.807, 2.05) is 0 Å². The molecular formula is C13H15F4N3O. The van der Waals surface area contributed by atoms with Gasteiger partial charge in [-0.25, -0.2) is 0 Å². The monoisotopic (exact) mass is 305 g/mol. The van der Waals surface area contributed by atoms with Crippen molar-refractivity contribution in [2.45, 2.75) is 38.1 Å². The van der Waals surface area contributed by atoms with Crippen LogP contribution in [0.25, 0.3) is 0 Å². The number of carbonyl (C=O) groups is 1. The maximum Gasteiger partial charge on any atom is 0.253 e. The average Bonchev–Trinajstić information content (AvgIpc) is 2.46. The van der Waals surface area contributed by atoms with Crippen LogP contribution in [-0.2, 0) is 4.79 Å². The zero-order chi connectivity index (χ0) is 15.4. The number of halogens is 4. The lowest BCUT2D eigenvalue weighted by molar-refractivity contribution is -0.120. The Bertz CT molecular complexity index is 506. The lowest BCUT2D eigenvalue weighted by Crippen LogP contribution is -2.39. The van der Waals surface area contributed by atoms with Crippen molar-refractivity contribution in [3.63, 3.8) is 0 Å². The maximum absolute atomic E-state index is 13.3. The van der Waals surface area contributed by atoms with Gasteiger partial charge in [-0.15, -0.1) is 0 Å². The average molecular weight is 305 g/mol. The highest BCUT2D eigenvalue weighted by molar-refractivity contribution is 5.81. The molecule has 1 aliphatic carbocycles. The summed E-state index contributed by atoms with van der Waals surface area (Å²) in [4.78, 5) is 14.1. The second-order valence-corrected chi connectivity index (χ2v) is 4.95. The number of aromatic nitrogens is 1. The molecule has 1 aromatic heterocycles. The normalized spacial score (nSPS) is 15.8. The van der Waals surface area contributed by atoms with Gasteiger partial charge in [0.2, 0.25) is 17.5 Å². The molecule has 1 fully saturated rings. The molecule has 1 heterocycles. The molecule has 2 rings (SSSR count). The first kappa shape index (κ1) is 15.5. The molecule has 0 radical (unpaired) electrons. The Morgan fingerprint density at radius 3 is 2.19 bits per heavy atom. The minimum atomic E-state index is -1.76. The maximum atomic E-state index is 13.3. The Balaban J connectivity index is 1.95. The van der Waals surface area contributed by atoms with Crippen molar-refractivity contribution >= 4 is 11.6 Å². The molecule has 1 saturated carbocycles. The Hall–Kier alpha value is -1.86. The van der Waals surface area contributed by atoms with Crippen LogP contribution in [0.4, 0.5) is 23.2 Å². The van der Waals surface area contributed by atoms with Crippen molar-refractivity contribution in [3.05, 3.63) is 23.5 Å². The topological polar surface area (TPSA) is 54.0 Å². The Morgan fingerprint density at radius 2 is 1.62 bits per heavy atom. The smallest absolute Gasteiger partial charge is 0.253 e. The van der Waals surface area contributed by atoms with Crippen LogP contribution in [0.15, 0.2) is 0 Å². The van der Waals surface area contributed by atoms with Crippen molar-refractivity contribution < 1.29 is 22.4 Å². The van der Waals surface area contributed by atoms with E-state index in [1.54, 1.807) is 0 Å². The molecule has 0 unspecified atom stereocenters. The standard InChI is InChI=1S/C13H15F4N3O/c14-9-11(10(15)13(17)20-12(9)16)18-6-8(21)19-7-4-2-1-3-5-7/h7H,1-6H2,(H,18,20)(H,19,21). The van der Waals surface area contributed by atoms with Gasteiger partial charge in [-0.2, -0.15) is 22.5 Å². The number of anilines is 1. The molecule has 0 aromatic carbocycles. The minimum Gasteiger partial charge on any atom is -0.371 e. The molecule has 1 aliphatic rings. The summed E-state index contributed by atoms with van der Waals surface area (Å²) in [5.41, 5.74) is -1.03. The predicted molar refractivity (Wildman–Crippen MR) is 67.6 cm³/mol. The summed E-state index contributed by atoms with van der Waals surface area (Å²) >= 11 is 0. The summed E-state index contributed by atoms with van der Waals surface area (Å²) in [5.74, 6) is -7.31. The highest BCUT2D eigenvalue weighted by Crippen LogP contribution is 2.22. The fraction of sp³-hybridized carbons (Fsp3) is 0.538. The van der Waals surface area contributed by atoms with Gasteiger partial charge in [0.05, 0.1) is 6.54 Å². The van der Waals surface area contributed by atoms with E-state index in [4.69, 9.17) is 0 Å². The predicted octanol–water partition coefficient (Wildman–Crippen LogP) is 2.50. The van der Waals surface area contributed by atoms with Gasteiger partial charge in [-0.3, -0.25) is 4.79 Å². The second kappa shape index (κ2) is 6.73. The molecule has 0 atom stereocenters. The van der Waals surface area contributed by atoms with Crippen LogP contribution in [0.2, 0.25) is 0 Å². The van der Waals surface area contributed by atoms with Crippen molar-refractivity contribution in [1.82, 2.24) is 10.3 Å². The van der Waals surface area contributed by atoms with Gasteiger partial charge >= 0.3 is 0 Å². The van der Waals surface area contributed by atoms with Crippen LogP contribution in [0.3, 0.4) is 0 Å². The zero-order valence-corrected chi connectivity index (χ0v) is 11.2. The summed E-state index contributed by atoms with van der Waals surface area (Å²) in [5, 5.41) is 4.78. The fourth-order valence-electron chi connectivity index (χ4n) is 2.34. The Kier molecular flexibility index (Phi) is 4.98. The summed E-state index contributed by atoms with van der Waals surface area (Å²) in [6, 6.07) is 0.0358.